The van der Waals surface area contributed by atoms with E-state index in [2.05, 4.69) is 6.92 Å². The van der Waals surface area contributed by atoms with Crippen molar-refractivity contribution in [1.29, 1.82) is 0 Å². The smallest absolute Gasteiger partial charge is 0.323 e. The van der Waals surface area contributed by atoms with E-state index in [0.29, 0.717) is 5.75 Å². The fourth-order valence-corrected chi connectivity index (χ4v) is 5.20. The van der Waals surface area contributed by atoms with Gasteiger partial charge in [-0.15, -0.1) is 0 Å². The average molecular weight is 592 g/mol. The van der Waals surface area contributed by atoms with Crippen molar-refractivity contribution in [3.63, 3.8) is 0 Å². The summed E-state index contributed by atoms with van der Waals surface area (Å²) in [5.41, 5.74) is -4.69. The summed E-state index contributed by atoms with van der Waals surface area (Å²) in [6.07, 6.45) is 17.8. The van der Waals surface area contributed by atoms with Gasteiger partial charge in [0.2, 0.25) is 11.1 Å². The lowest BCUT2D eigenvalue weighted by molar-refractivity contribution is -0.0857. The van der Waals surface area contributed by atoms with E-state index >= 15 is 0 Å². The first kappa shape index (κ1) is 33.1. The molecule has 0 aliphatic heterocycles. The van der Waals surface area contributed by atoms with E-state index in [9.17, 15) is 25.8 Å². The molecule has 1 N–H and O–H groups in total. The third kappa shape index (κ3) is 13.2. The van der Waals surface area contributed by atoms with Gasteiger partial charge in [0.1, 0.15) is 0 Å². The quantitative estimate of drug-likeness (QED) is 0.0947. The van der Waals surface area contributed by atoms with Crippen molar-refractivity contribution >= 4 is 26.8 Å². The lowest BCUT2D eigenvalue weighted by Gasteiger charge is -2.11. The maximum Gasteiger partial charge on any atom is 0.516 e. The summed E-state index contributed by atoms with van der Waals surface area (Å²) in [7, 11) is -5.54. The summed E-state index contributed by atoms with van der Waals surface area (Å²) in [6, 6.07) is 11.8. The molecule has 1 atom stereocenters. The number of alkyl halides is 3. The molecule has 1 unspecified atom stereocenters. The number of anilines is 1. The van der Waals surface area contributed by atoms with Crippen LogP contribution in [0.2, 0.25) is 0 Å². The fourth-order valence-electron chi connectivity index (χ4n) is 4.06. The van der Waals surface area contributed by atoms with Crippen LogP contribution >= 0.6 is 0 Å². The minimum Gasteiger partial charge on any atom is -0.323 e. The zero-order valence-electron chi connectivity index (χ0n) is 22.5. The molecule has 2 aromatic carbocycles. The van der Waals surface area contributed by atoms with Crippen molar-refractivity contribution in [1.82, 2.24) is 0 Å². The number of halogens is 3. The third-order valence-electron chi connectivity index (χ3n) is 6.26. The molecule has 0 amide bonds. The summed E-state index contributed by atoms with van der Waals surface area (Å²) < 4.78 is 78.5. The summed E-state index contributed by atoms with van der Waals surface area (Å²) >= 11 is -2.08. The average Bonchev–Trinajstić information content (AvgIpc) is 2.90. The minimum atomic E-state index is -5.54. The number of hydrogen-bond acceptors (Lipinski definition) is 5. The maximum absolute atomic E-state index is 12.5. The van der Waals surface area contributed by atoms with Crippen molar-refractivity contribution in [2.45, 2.75) is 107 Å². The van der Waals surface area contributed by atoms with Gasteiger partial charge in [0, 0.05) is 5.69 Å². The van der Waals surface area contributed by atoms with Crippen LogP contribution in [0.3, 0.4) is 0 Å². The highest BCUT2D eigenvalue weighted by Crippen LogP contribution is 2.26. The van der Waals surface area contributed by atoms with E-state index in [1.165, 1.54) is 87.5 Å². The van der Waals surface area contributed by atoms with Crippen molar-refractivity contribution in [3.8, 4) is 5.75 Å². The molecule has 11 heteroatoms. The maximum atomic E-state index is 12.5. The van der Waals surface area contributed by atoms with Crippen LogP contribution in [0.5, 0.6) is 5.75 Å². The van der Waals surface area contributed by atoms with Gasteiger partial charge < -0.3 is 4.89 Å². The highest BCUT2D eigenvalue weighted by Gasteiger charge is 2.46. The molecule has 0 bridgehead atoms. The number of hydrogen-bond donors (Lipinski definition) is 1. The molecule has 6 nitrogen and oxygen atoms in total. The molecule has 39 heavy (non-hydrogen) atoms. The Kier molecular flexibility index (Phi) is 14.9. The summed E-state index contributed by atoms with van der Waals surface area (Å²) in [6.45, 7) is 2.24. The molecule has 2 rings (SSSR count). The molecule has 0 radical (unpaired) electrons. The predicted molar refractivity (Wildman–Crippen MR) is 149 cm³/mol. The van der Waals surface area contributed by atoms with Crippen LogP contribution in [-0.2, 0) is 31.9 Å². The van der Waals surface area contributed by atoms with Crippen molar-refractivity contribution < 1.29 is 35.0 Å². The van der Waals surface area contributed by atoms with Gasteiger partial charge in [-0.2, -0.15) is 21.6 Å². The Morgan fingerprint density at radius 1 is 0.795 bits per heavy atom. The molecule has 220 valence electrons. The van der Waals surface area contributed by atoms with Crippen LogP contribution in [0.25, 0.3) is 0 Å². The van der Waals surface area contributed by atoms with Crippen LogP contribution in [0.1, 0.15) is 96.0 Å². The molecule has 2 aromatic rings. The van der Waals surface area contributed by atoms with Crippen molar-refractivity contribution in [2.75, 3.05) is 4.72 Å². The Morgan fingerprint density at radius 2 is 1.33 bits per heavy atom. The van der Waals surface area contributed by atoms with Crippen LogP contribution in [0.4, 0.5) is 18.9 Å². The van der Waals surface area contributed by atoms with Crippen LogP contribution in [-0.4, -0.2) is 18.1 Å². The van der Waals surface area contributed by atoms with Gasteiger partial charge >= 0.3 is 15.5 Å². The normalized spacial score (nSPS) is 12.8. The molecule has 0 spiro atoms. The summed E-state index contributed by atoms with van der Waals surface area (Å²) in [5.74, 6) is 0.380. The lowest BCUT2D eigenvalue weighted by Crippen LogP contribution is -2.29. The Labute approximate surface area is 233 Å². The predicted octanol–water partition coefficient (Wildman–Crippen LogP) is 8.62. The number of nitrogens with one attached hydrogen (secondary N) is 1. The van der Waals surface area contributed by atoms with E-state index in [-0.39, 0.29) is 10.6 Å². The van der Waals surface area contributed by atoms with Crippen LogP contribution < -0.4 is 9.61 Å². The zero-order chi connectivity index (χ0) is 28.6. The van der Waals surface area contributed by atoms with E-state index in [1.807, 2.05) is 18.2 Å². The van der Waals surface area contributed by atoms with Crippen LogP contribution in [0, 0.1) is 0 Å². The number of benzene rings is 2. The minimum absolute atomic E-state index is 0.0908. The third-order valence-corrected chi connectivity index (χ3v) is 8.23. The van der Waals surface area contributed by atoms with Crippen LogP contribution in [0.15, 0.2) is 53.4 Å². The summed E-state index contributed by atoms with van der Waals surface area (Å²) in [5, 5.41) is 0. The van der Waals surface area contributed by atoms with Gasteiger partial charge in [0.25, 0.3) is 0 Å². The number of unbranched alkanes of at least 4 members (excludes halogenated alkanes) is 12. The monoisotopic (exact) mass is 591 g/mol. The Bertz CT molecular complexity index is 1090. The summed E-state index contributed by atoms with van der Waals surface area (Å²) in [4.78, 5) is 5.27. The first-order valence-electron chi connectivity index (χ1n) is 13.7. The Hall–Kier alpha value is -2.11. The van der Waals surface area contributed by atoms with Gasteiger partial charge in [-0.05, 0) is 54.8 Å². The SMILES string of the molecule is CCCCCCCCCCCCCCCc1cccc(OOS(=O)c2ccc(NS(=O)(=O)C(F)(F)F)cc2)c1. The second kappa shape index (κ2) is 17.6. The van der Waals surface area contributed by atoms with Gasteiger partial charge in [0.15, 0.2) is 5.75 Å². The molecular weight excluding hydrogens is 551 g/mol. The molecule has 0 aliphatic carbocycles. The lowest BCUT2D eigenvalue weighted by atomic mass is 10.0. The van der Waals surface area contributed by atoms with Gasteiger partial charge in [-0.3, -0.25) is 4.72 Å². The number of sulfonamides is 1. The molecule has 0 aliphatic rings. The first-order valence-corrected chi connectivity index (χ1v) is 16.2. The van der Waals surface area contributed by atoms with E-state index in [1.54, 1.807) is 6.07 Å². The second-order valence-electron chi connectivity index (χ2n) is 9.60. The van der Waals surface area contributed by atoms with Gasteiger partial charge in [-0.25, -0.2) is 4.21 Å². The van der Waals surface area contributed by atoms with Gasteiger partial charge in [-0.1, -0.05) is 100 Å². The fraction of sp³-hybridized carbons (Fsp3) is 0.571. The molecule has 0 aromatic heterocycles. The van der Waals surface area contributed by atoms with E-state index < -0.39 is 26.6 Å². The highest BCUT2D eigenvalue weighted by atomic mass is 32.2. The number of rotatable bonds is 20. The molecule has 0 heterocycles. The van der Waals surface area contributed by atoms with E-state index in [0.717, 1.165) is 37.0 Å². The Morgan fingerprint density at radius 3 is 1.87 bits per heavy atom. The second-order valence-corrected chi connectivity index (χ2v) is 12.4. The van der Waals surface area contributed by atoms with Gasteiger partial charge in [0.05, 0.1) is 4.90 Å². The molecular formula is C28H40F3NO5S2. The largest absolute Gasteiger partial charge is 0.516 e. The Balaban J connectivity index is 1.63. The highest BCUT2D eigenvalue weighted by molar-refractivity contribution is 7.93. The van der Waals surface area contributed by atoms with E-state index in [4.69, 9.17) is 9.22 Å². The zero-order valence-corrected chi connectivity index (χ0v) is 24.1. The van der Waals surface area contributed by atoms with Crippen molar-refractivity contribution in [3.05, 3.63) is 54.1 Å². The molecule has 0 saturated carbocycles. The topological polar surface area (TPSA) is 81.7 Å². The first-order chi connectivity index (χ1) is 18.6. The molecule has 0 saturated heterocycles. The standard InChI is InChI=1S/C28H40F3NO5S2/c1-2-3-4-5-6-7-8-9-10-11-12-13-14-16-24-17-15-18-26(23-24)36-37-38(33)27-21-19-25(20-22-27)32-39(34,35)28(29,30)31/h15,17-23,32H,2-14,16H2,1H3. The number of aryl methyl sites for hydroxylation is 1. The molecule has 0 fully saturated rings. The van der Waals surface area contributed by atoms with Crippen molar-refractivity contribution in [2.24, 2.45) is 0 Å².